The molecule has 0 bridgehead atoms. The first-order chi connectivity index (χ1) is 9.11. The van der Waals surface area contributed by atoms with Gasteiger partial charge in [-0.2, -0.15) is 5.10 Å². The highest BCUT2D eigenvalue weighted by atomic mass is 15.3. The Kier molecular flexibility index (Phi) is 3.07. The molecule has 2 N–H and O–H groups in total. The molecule has 4 heteroatoms. The Balaban J connectivity index is 1.83. The van der Waals surface area contributed by atoms with Crippen molar-refractivity contribution < 1.29 is 0 Å². The lowest BCUT2D eigenvalue weighted by molar-refractivity contribution is 0.272. The molecule has 0 saturated carbocycles. The van der Waals surface area contributed by atoms with Crippen molar-refractivity contribution in [3.8, 4) is 0 Å². The van der Waals surface area contributed by atoms with Crippen molar-refractivity contribution in [2.45, 2.75) is 19.9 Å². The largest absolute Gasteiger partial charge is 0.330 e. The number of para-hydroxylation sites is 1. The Morgan fingerprint density at radius 3 is 2.89 bits per heavy atom. The average Bonchev–Trinajstić information content (AvgIpc) is 2.94. The number of aromatic nitrogens is 2. The molecule has 2 heterocycles. The van der Waals surface area contributed by atoms with Crippen LogP contribution in [-0.4, -0.2) is 34.3 Å². The number of nitrogens with zero attached hydrogens (tertiary/aromatic N) is 3. The predicted molar refractivity (Wildman–Crippen MR) is 77.8 cm³/mol. The first-order valence-corrected chi connectivity index (χ1v) is 6.94. The number of aryl methyl sites for hydroxylation is 1. The monoisotopic (exact) mass is 258 g/mol. The van der Waals surface area contributed by atoms with Gasteiger partial charge in [-0.05, 0) is 31.0 Å². The molecule has 0 aliphatic carbocycles. The summed E-state index contributed by atoms with van der Waals surface area (Å²) >= 11 is 0. The standard InChI is InChI=1S/C15H22N4/c1-15(10-16)7-8-19(11-15)9-13-12-5-3-4-6-14(12)18(2)17-13/h3-6H,7-11,16H2,1-2H3. The normalized spacial score (nSPS) is 24.4. The minimum Gasteiger partial charge on any atom is -0.330 e. The van der Waals surface area contributed by atoms with Crippen molar-refractivity contribution in [1.29, 1.82) is 0 Å². The molecular formula is C15H22N4. The fourth-order valence-corrected chi connectivity index (χ4v) is 3.04. The van der Waals surface area contributed by atoms with Gasteiger partial charge in [-0.3, -0.25) is 9.58 Å². The lowest BCUT2D eigenvalue weighted by Gasteiger charge is -2.22. The number of rotatable bonds is 3. The molecule has 1 aliphatic rings. The third-order valence-electron chi connectivity index (χ3n) is 4.34. The van der Waals surface area contributed by atoms with Gasteiger partial charge in [0.1, 0.15) is 0 Å². The van der Waals surface area contributed by atoms with Crippen LogP contribution in [0.1, 0.15) is 19.0 Å². The Morgan fingerprint density at radius 2 is 2.16 bits per heavy atom. The van der Waals surface area contributed by atoms with Gasteiger partial charge in [-0.15, -0.1) is 0 Å². The first kappa shape index (κ1) is 12.6. The molecule has 4 nitrogen and oxygen atoms in total. The molecule has 2 aromatic rings. The summed E-state index contributed by atoms with van der Waals surface area (Å²) < 4.78 is 1.98. The van der Waals surface area contributed by atoms with Crippen molar-refractivity contribution in [3.05, 3.63) is 30.0 Å². The summed E-state index contributed by atoms with van der Waals surface area (Å²) in [5.41, 5.74) is 8.54. The van der Waals surface area contributed by atoms with Gasteiger partial charge in [-0.1, -0.05) is 25.1 Å². The maximum atomic E-state index is 5.87. The summed E-state index contributed by atoms with van der Waals surface area (Å²) in [6, 6.07) is 8.44. The van der Waals surface area contributed by atoms with Gasteiger partial charge in [0.15, 0.2) is 0 Å². The molecule has 1 saturated heterocycles. The maximum absolute atomic E-state index is 5.87. The molecule has 3 rings (SSSR count). The zero-order valence-corrected chi connectivity index (χ0v) is 11.8. The second-order valence-corrected chi connectivity index (χ2v) is 6.06. The lowest BCUT2D eigenvalue weighted by atomic mass is 9.90. The molecule has 0 amide bonds. The second kappa shape index (κ2) is 4.62. The van der Waals surface area contributed by atoms with Crippen molar-refractivity contribution in [2.75, 3.05) is 19.6 Å². The predicted octanol–water partition coefficient (Wildman–Crippen LogP) is 1.74. The van der Waals surface area contributed by atoms with Crippen molar-refractivity contribution in [2.24, 2.45) is 18.2 Å². The van der Waals surface area contributed by atoms with Crippen LogP contribution in [0.3, 0.4) is 0 Å². The van der Waals surface area contributed by atoms with Crippen LogP contribution in [0.25, 0.3) is 10.9 Å². The summed E-state index contributed by atoms with van der Waals surface area (Å²) in [7, 11) is 2.01. The molecule has 1 unspecified atom stereocenters. The van der Waals surface area contributed by atoms with Gasteiger partial charge in [0.25, 0.3) is 0 Å². The van der Waals surface area contributed by atoms with Gasteiger partial charge in [0, 0.05) is 25.5 Å². The van der Waals surface area contributed by atoms with Crippen LogP contribution in [0.15, 0.2) is 24.3 Å². The van der Waals surface area contributed by atoms with E-state index in [9.17, 15) is 0 Å². The summed E-state index contributed by atoms with van der Waals surface area (Å²) in [5, 5.41) is 5.94. The van der Waals surface area contributed by atoms with E-state index in [2.05, 4.69) is 41.2 Å². The molecular weight excluding hydrogens is 236 g/mol. The fourth-order valence-electron chi connectivity index (χ4n) is 3.04. The van der Waals surface area contributed by atoms with E-state index in [-0.39, 0.29) is 5.41 Å². The van der Waals surface area contributed by atoms with E-state index in [1.54, 1.807) is 0 Å². The molecule has 1 aromatic carbocycles. The van der Waals surface area contributed by atoms with E-state index in [1.807, 2.05) is 11.7 Å². The minimum atomic E-state index is 0.282. The van der Waals surface area contributed by atoms with Crippen LogP contribution < -0.4 is 5.73 Å². The van der Waals surface area contributed by atoms with Crippen LogP contribution in [-0.2, 0) is 13.6 Å². The first-order valence-electron chi connectivity index (χ1n) is 6.94. The Morgan fingerprint density at radius 1 is 1.37 bits per heavy atom. The van der Waals surface area contributed by atoms with E-state index in [4.69, 9.17) is 5.73 Å². The van der Waals surface area contributed by atoms with Gasteiger partial charge in [-0.25, -0.2) is 0 Å². The van der Waals surface area contributed by atoms with Crippen molar-refractivity contribution in [1.82, 2.24) is 14.7 Å². The maximum Gasteiger partial charge on any atom is 0.0843 e. The van der Waals surface area contributed by atoms with Crippen LogP contribution >= 0.6 is 0 Å². The number of fused-ring (bicyclic) bond motifs is 1. The lowest BCUT2D eigenvalue weighted by Crippen LogP contribution is -2.31. The molecule has 102 valence electrons. The van der Waals surface area contributed by atoms with Crippen LogP contribution in [0.4, 0.5) is 0 Å². The number of likely N-dealkylation sites (tertiary alicyclic amines) is 1. The summed E-state index contributed by atoms with van der Waals surface area (Å²) in [6.45, 7) is 6.18. The zero-order valence-electron chi connectivity index (χ0n) is 11.8. The number of nitrogens with two attached hydrogens (primary N) is 1. The zero-order chi connectivity index (χ0) is 13.5. The molecule has 1 aliphatic heterocycles. The second-order valence-electron chi connectivity index (χ2n) is 6.06. The van der Waals surface area contributed by atoms with Gasteiger partial charge in [0.05, 0.1) is 11.2 Å². The summed E-state index contributed by atoms with van der Waals surface area (Å²) in [6.07, 6.45) is 1.19. The number of hydrogen-bond acceptors (Lipinski definition) is 3. The van der Waals surface area contributed by atoms with Crippen LogP contribution in [0.5, 0.6) is 0 Å². The summed E-state index contributed by atoms with van der Waals surface area (Å²) in [5.74, 6) is 0. The van der Waals surface area contributed by atoms with E-state index in [0.29, 0.717) is 0 Å². The number of benzene rings is 1. The molecule has 1 aromatic heterocycles. The van der Waals surface area contributed by atoms with Crippen LogP contribution in [0, 0.1) is 5.41 Å². The minimum absolute atomic E-state index is 0.282. The third kappa shape index (κ3) is 2.26. The molecule has 0 radical (unpaired) electrons. The number of hydrogen-bond donors (Lipinski definition) is 1. The van der Waals surface area contributed by atoms with E-state index >= 15 is 0 Å². The smallest absolute Gasteiger partial charge is 0.0843 e. The topological polar surface area (TPSA) is 47.1 Å². The van der Waals surface area contributed by atoms with Crippen LogP contribution in [0.2, 0.25) is 0 Å². The highest BCUT2D eigenvalue weighted by molar-refractivity contribution is 5.81. The summed E-state index contributed by atoms with van der Waals surface area (Å²) in [4.78, 5) is 2.47. The molecule has 1 atom stereocenters. The van der Waals surface area contributed by atoms with Gasteiger partial charge >= 0.3 is 0 Å². The van der Waals surface area contributed by atoms with E-state index in [1.165, 1.54) is 23.0 Å². The highest BCUT2D eigenvalue weighted by Gasteiger charge is 2.32. The van der Waals surface area contributed by atoms with Crippen molar-refractivity contribution >= 4 is 10.9 Å². The Hall–Kier alpha value is -1.39. The molecule has 0 spiro atoms. The Bertz CT molecular complexity index is 589. The molecule has 19 heavy (non-hydrogen) atoms. The highest BCUT2D eigenvalue weighted by Crippen LogP contribution is 2.30. The van der Waals surface area contributed by atoms with Gasteiger partial charge < -0.3 is 5.73 Å². The van der Waals surface area contributed by atoms with E-state index in [0.717, 1.165) is 26.2 Å². The fraction of sp³-hybridized carbons (Fsp3) is 0.533. The SMILES string of the molecule is Cn1nc(CN2CCC(C)(CN)C2)c2ccccc21. The molecule has 1 fully saturated rings. The van der Waals surface area contributed by atoms with E-state index < -0.39 is 0 Å². The third-order valence-corrected chi connectivity index (χ3v) is 4.34. The quantitative estimate of drug-likeness (QED) is 0.912. The van der Waals surface area contributed by atoms with Gasteiger partial charge in [0.2, 0.25) is 0 Å². The average molecular weight is 258 g/mol. The Labute approximate surface area is 114 Å². The van der Waals surface area contributed by atoms with Crippen molar-refractivity contribution in [3.63, 3.8) is 0 Å².